The van der Waals surface area contributed by atoms with Gasteiger partial charge in [0.15, 0.2) is 0 Å². The molecule has 0 saturated carbocycles. The lowest BCUT2D eigenvalue weighted by molar-refractivity contribution is -0.144. The standard InChI is InChI=1S/C13H21NO4/c1-13(2,10-14)8-5-9-18-12(17)7-4-3-6-11(15)16/h3-9H2,1-2H3,(H,15,16). The van der Waals surface area contributed by atoms with Gasteiger partial charge in [-0.05, 0) is 39.5 Å². The SMILES string of the molecule is CC(C)(C#N)CCCOC(=O)CCCCC(=O)O. The highest BCUT2D eigenvalue weighted by atomic mass is 16.5. The molecular weight excluding hydrogens is 234 g/mol. The molecule has 0 fully saturated rings. The second-order valence-corrected chi connectivity index (χ2v) is 4.92. The number of ether oxygens (including phenoxy) is 1. The van der Waals surface area contributed by atoms with Crippen molar-refractivity contribution in [1.82, 2.24) is 0 Å². The first-order valence-corrected chi connectivity index (χ1v) is 6.16. The lowest BCUT2D eigenvalue weighted by Gasteiger charge is -2.14. The molecule has 0 aromatic carbocycles. The van der Waals surface area contributed by atoms with E-state index in [1.165, 1.54) is 0 Å². The minimum atomic E-state index is -0.845. The van der Waals surface area contributed by atoms with Gasteiger partial charge in [-0.1, -0.05) is 0 Å². The summed E-state index contributed by atoms with van der Waals surface area (Å²) in [5.74, 6) is -1.14. The van der Waals surface area contributed by atoms with E-state index in [0.29, 0.717) is 32.3 Å². The molecule has 0 radical (unpaired) electrons. The third-order valence-corrected chi connectivity index (χ3v) is 2.53. The largest absolute Gasteiger partial charge is 0.481 e. The van der Waals surface area contributed by atoms with Crippen LogP contribution < -0.4 is 0 Å². The van der Waals surface area contributed by atoms with Crippen molar-refractivity contribution in [3.8, 4) is 6.07 Å². The van der Waals surface area contributed by atoms with Crippen molar-refractivity contribution < 1.29 is 19.4 Å². The van der Waals surface area contributed by atoms with Crippen molar-refractivity contribution in [1.29, 1.82) is 5.26 Å². The van der Waals surface area contributed by atoms with Crippen LogP contribution >= 0.6 is 0 Å². The zero-order chi connectivity index (χ0) is 14.0. The number of nitrogens with zero attached hydrogens (tertiary/aromatic N) is 1. The molecule has 0 atom stereocenters. The van der Waals surface area contributed by atoms with E-state index >= 15 is 0 Å². The van der Waals surface area contributed by atoms with Crippen molar-refractivity contribution in [2.24, 2.45) is 5.41 Å². The summed E-state index contributed by atoms with van der Waals surface area (Å²) in [6.45, 7) is 4.02. The molecule has 0 aliphatic heterocycles. The minimum absolute atomic E-state index is 0.0869. The molecular formula is C13H21NO4. The van der Waals surface area contributed by atoms with Crippen molar-refractivity contribution in [2.45, 2.75) is 52.4 Å². The Kier molecular flexibility index (Phi) is 7.77. The van der Waals surface area contributed by atoms with E-state index in [1.807, 2.05) is 13.8 Å². The van der Waals surface area contributed by atoms with Gasteiger partial charge >= 0.3 is 11.9 Å². The molecule has 18 heavy (non-hydrogen) atoms. The number of rotatable bonds is 9. The summed E-state index contributed by atoms with van der Waals surface area (Å²) in [6.07, 6.45) is 2.73. The lowest BCUT2D eigenvalue weighted by Crippen LogP contribution is -2.11. The normalized spacial score (nSPS) is 10.7. The third kappa shape index (κ3) is 9.64. The van der Waals surface area contributed by atoms with Crippen molar-refractivity contribution in [2.75, 3.05) is 6.61 Å². The zero-order valence-electron chi connectivity index (χ0n) is 11.1. The lowest BCUT2D eigenvalue weighted by atomic mass is 9.90. The number of nitriles is 1. The number of hydrogen-bond acceptors (Lipinski definition) is 4. The van der Waals surface area contributed by atoms with Crippen molar-refractivity contribution in [3.05, 3.63) is 0 Å². The van der Waals surface area contributed by atoms with Crippen LogP contribution in [0, 0.1) is 16.7 Å². The average Bonchev–Trinajstić information content (AvgIpc) is 2.30. The number of esters is 1. The molecule has 0 aliphatic rings. The highest BCUT2D eigenvalue weighted by molar-refractivity contribution is 5.69. The molecule has 0 aliphatic carbocycles. The molecule has 0 unspecified atom stereocenters. The number of hydrogen-bond donors (Lipinski definition) is 1. The van der Waals surface area contributed by atoms with Gasteiger partial charge in [-0.3, -0.25) is 9.59 Å². The van der Waals surface area contributed by atoms with Crippen molar-refractivity contribution >= 4 is 11.9 Å². The van der Waals surface area contributed by atoms with Gasteiger partial charge in [0.05, 0.1) is 18.1 Å². The van der Waals surface area contributed by atoms with Crippen LogP contribution in [0.4, 0.5) is 0 Å². The summed E-state index contributed by atoms with van der Waals surface area (Å²) in [5.41, 5.74) is -0.381. The quantitative estimate of drug-likeness (QED) is 0.505. The van der Waals surface area contributed by atoms with E-state index in [1.54, 1.807) is 0 Å². The number of carboxylic acid groups (broad SMARTS) is 1. The molecule has 0 aromatic rings. The molecule has 102 valence electrons. The first-order chi connectivity index (χ1) is 8.37. The molecule has 0 rings (SSSR count). The van der Waals surface area contributed by atoms with E-state index in [9.17, 15) is 9.59 Å². The van der Waals surface area contributed by atoms with Crippen LogP contribution in [0.15, 0.2) is 0 Å². The summed E-state index contributed by atoms with van der Waals surface area (Å²) in [5, 5.41) is 17.2. The monoisotopic (exact) mass is 255 g/mol. The molecule has 0 bridgehead atoms. The van der Waals surface area contributed by atoms with Crippen LogP contribution in [-0.2, 0) is 14.3 Å². The molecule has 5 nitrogen and oxygen atoms in total. The summed E-state index contributed by atoms with van der Waals surface area (Å²) < 4.78 is 4.99. The van der Waals surface area contributed by atoms with Gasteiger partial charge in [0.2, 0.25) is 0 Å². The Hall–Kier alpha value is -1.57. The number of carboxylic acids is 1. The van der Waals surface area contributed by atoms with E-state index in [2.05, 4.69) is 6.07 Å². The molecule has 0 spiro atoms. The molecule has 5 heteroatoms. The number of unbranched alkanes of at least 4 members (excludes halogenated alkanes) is 1. The maximum atomic E-state index is 11.2. The van der Waals surface area contributed by atoms with Gasteiger partial charge < -0.3 is 9.84 Å². The fourth-order valence-corrected chi connectivity index (χ4v) is 1.37. The van der Waals surface area contributed by atoms with Gasteiger partial charge in [-0.25, -0.2) is 0 Å². The van der Waals surface area contributed by atoms with Gasteiger partial charge in [0, 0.05) is 12.8 Å². The zero-order valence-corrected chi connectivity index (χ0v) is 11.1. The fourth-order valence-electron chi connectivity index (χ4n) is 1.37. The summed E-state index contributed by atoms with van der Waals surface area (Å²) in [7, 11) is 0. The molecule has 1 N–H and O–H groups in total. The molecule has 0 heterocycles. The summed E-state index contributed by atoms with van der Waals surface area (Å²) in [4.78, 5) is 21.5. The summed E-state index contributed by atoms with van der Waals surface area (Å²) >= 11 is 0. The second kappa shape index (κ2) is 8.51. The van der Waals surface area contributed by atoms with Gasteiger partial charge in [-0.15, -0.1) is 0 Å². The Morgan fingerprint density at radius 1 is 1.22 bits per heavy atom. The Balaban J connectivity index is 3.49. The van der Waals surface area contributed by atoms with Crippen LogP contribution in [-0.4, -0.2) is 23.7 Å². The van der Waals surface area contributed by atoms with Crippen LogP contribution in [0.5, 0.6) is 0 Å². The maximum Gasteiger partial charge on any atom is 0.305 e. The van der Waals surface area contributed by atoms with Crippen LogP contribution in [0.3, 0.4) is 0 Å². The smallest absolute Gasteiger partial charge is 0.305 e. The topological polar surface area (TPSA) is 87.4 Å². The first-order valence-electron chi connectivity index (χ1n) is 6.16. The van der Waals surface area contributed by atoms with Crippen LogP contribution in [0.1, 0.15) is 52.4 Å². The van der Waals surface area contributed by atoms with Crippen LogP contribution in [0.25, 0.3) is 0 Å². The molecule has 0 saturated heterocycles. The number of carbonyl (C=O) groups is 2. The van der Waals surface area contributed by atoms with E-state index < -0.39 is 5.97 Å². The molecule has 0 aromatic heterocycles. The highest BCUT2D eigenvalue weighted by Crippen LogP contribution is 2.20. The van der Waals surface area contributed by atoms with Crippen molar-refractivity contribution in [3.63, 3.8) is 0 Å². The molecule has 0 amide bonds. The highest BCUT2D eigenvalue weighted by Gasteiger charge is 2.16. The average molecular weight is 255 g/mol. The van der Waals surface area contributed by atoms with E-state index in [-0.39, 0.29) is 24.2 Å². The maximum absolute atomic E-state index is 11.2. The van der Waals surface area contributed by atoms with Gasteiger partial charge in [0.25, 0.3) is 0 Å². The Morgan fingerprint density at radius 2 is 1.83 bits per heavy atom. The minimum Gasteiger partial charge on any atom is -0.481 e. The van der Waals surface area contributed by atoms with E-state index in [4.69, 9.17) is 15.1 Å². The Morgan fingerprint density at radius 3 is 2.39 bits per heavy atom. The Labute approximate surface area is 108 Å². The van der Waals surface area contributed by atoms with Gasteiger partial charge in [0.1, 0.15) is 0 Å². The van der Waals surface area contributed by atoms with Gasteiger partial charge in [-0.2, -0.15) is 5.26 Å². The Bertz CT molecular complexity index is 317. The number of carbonyl (C=O) groups excluding carboxylic acids is 1. The fraction of sp³-hybridized carbons (Fsp3) is 0.769. The first kappa shape index (κ1) is 16.4. The number of aliphatic carboxylic acids is 1. The van der Waals surface area contributed by atoms with E-state index in [0.717, 1.165) is 0 Å². The third-order valence-electron chi connectivity index (χ3n) is 2.53. The second-order valence-electron chi connectivity index (χ2n) is 4.92. The van der Waals surface area contributed by atoms with Crippen LogP contribution in [0.2, 0.25) is 0 Å². The predicted molar refractivity (Wildman–Crippen MR) is 65.7 cm³/mol. The predicted octanol–water partition coefficient (Wildman–Crippen LogP) is 2.50. The summed E-state index contributed by atoms with van der Waals surface area (Å²) in [6, 6.07) is 2.19.